The molecular weight excluding hydrogens is 266 g/mol. The number of anilines is 1. The van der Waals surface area contributed by atoms with Gasteiger partial charge in [0.25, 0.3) is 0 Å². The highest BCUT2D eigenvalue weighted by molar-refractivity contribution is 8.01. The summed E-state index contributed by atoms with van der Waals surface area (Å²) in [5.41, 5.74) is 8.77. The third kappa shape index (κ3) is 3.44. The molecule has 1 heterocycles. The quantitative estimate of drug-likeness (QED) is 0.843. The van der Waals surface area contributed by atoms with Gasteiger partial charge in [0.2, 0.25) is 5.13 Å². The zero-order valence-electron chi connectivity index (χ0n) is 10.3. The molecule has 1 aromatic heterocycles. The first kappa shape index (κ1) is 13.3. The van der Waals surface area contributed by atoms with Gasteiger partial charge in [-0.15, -0.1) is 10.2 Å². The number of hydrogen-bond donors (Lipinski definition) is 2. The van der Waals surface area contributed by atoms with E-state index < -0.39 is 6.10 Å². The molecule has 1 unspecified atom stereocenters. The van der Waals surface area contributed by atoms with E-state index in [0.717, 1.165) is 21.0 Å². The summed E-state index contributed by atoms with van der Waals surface area (Å²) in [5, 5.41) is 18.2. The van der Waals surface area contributed by atoms with Crippen molar-refractivity contribution in [3.8, 4) is 0 Å². The average molecular weight is 281 g/mol. The predicted octanol–water partition coefficient (Wildman–Crippen LogP) is 2.56. The lowest BCUT2D eigenvalue weighted by atomic mass is 10.0. The Morgan fingerprint density at radius 2 is 1.94 bits per heavy atom. The van der Waals surface area contributed by atoms with Crippen molar-refractivity contribution in [3.63, 3.8) is 0 Å². The fraction of sp³-hybridized carbons (Fsp3) is 0.333. The predicted molar refractivity (Wildman–Crippen MR) is 75.9 cm³/mol. The highest BCUT2D eigenvalue weighted by Crippen LogP contribution is 2.28. The fourth-order valence-electron chi connectivity index (χ4n) is 1.73. The lowest BCUT2D eigenvalue weighted by Gasteiger charge is -2.11. The van der Waals surface area contributed by atoms with Crippen molar-refractivity contribution in [1.29, 1.82) is 0 Å². The molecule has 4 nitrogen and oxygen atoms in total. The van der Waals surface area contributed by atoms with Crippen LogP contribution in [0.5, 0.6) is 0 Å². The Kier molecular flexibility index (Phi) is 4.21. The largest absolute Gasteiger partial charge is 0.388 e. The normalized spacial score (nSPS) is 12.6. The first-order chi connectivity index (χ1) is 8.54. The molecule has 0 bridgehead atoms. The van der Waals surface area contributed by atoms with Crippen LogP contribution in [0.3, 0.4) is 0 Å². The summed E-state index contributed by atoms with van der Waals surface area (Å²) in [6.45, 7) is 4.06. The summed E-state index contributed by atoms with van der Waals surface area (Å²) >= 11 is 2.81. The first-order valence-electron chi connectivity index (χ1n) is 5.52. The minimum atomic E-state index is -0.501. The van der Waals surface area contributed by atoms with E-state index in [-0.39, 0.29) is 0 Å². The minimum absolute atomic E-state index is 0.457. The summed E-state index contributed by atoms with van der Waals surface area (Å²) < 4.78 is 0.788. The van der Waals surface area contributed by atoms with Crippen molar-refractivity contribution >= 4 is 28.2 Å². The number of nitrogens with zero attached hydrogens (tertiary/aromatic N) is 2. The van der Waals surface area contributed by atoms with Crippen molar-refractivity contribution in [1.82, 2.24) is 10.2 Å². The van der Waals surface area contributed by atoms with E-state index in [4.69, 9.17) is 5.73 Å². The second kappa shape index (κ2) is 5.69. The van der Waals surface area contributed by atoms with Crippen LogP contribution in [0, 0.1) is 13.8 Å². The van der Waals surface area contributed by atoms with Gasteiger partial charge in [0.1, 0.15) is 0 Å². The monoisotopic (exact) mass is 281 g/mol. The molecule has 0 amide bonds. The van der Waals surface area contributed by atoms with Gasteiger partial charge in [-0.1, -0.05) is 52.4 Å². The lowest BCUT2D eigenvalue weighted by Crippen LogP contribution is -2.01. The standard InChI is InChI=1S/C12H15N3OS2/c1-7-3-8(2)5-9(4-7)10(16)6-17-12-15-14-11(13)18-12/h3-5,10,16H,6H2,1-2H3,(H2,13,14). The van der Waals surface area contributed by atoms with Crippen LogP contribution in [-0.2, 0) is 0 Å². The number of thioether (sulfide) groups is 1. The second-order valence-corrected chi connectivity index (χ2v) is 6.43. The van der Waals surface area contributed by atoms with Crippen LogP contribution in [0.15, 0.2) is 22.5 Å². The molecular formula is C12H15N3OS2. The molecule has 1 atom stereocenters. The van der Waals surface area contributed by atoms with E-state index in [0.29, 0.717) is 10.9 Å². The highest BCUT2D eigenvalue weighted by atomic mass is 32.2. The number of benzene rings is 1. The van der Waals surface area contributed by atoms with Crippen molar-refractivity contribution < 1.29 is 5.11 Å². The molecule has 3 N–H and O–H groups in total. The van der Waals surface area contributed by atoms with Crippen LogP contribution >= 0.6 is 23.1 Å². The number of aromatic nitrogens is 2. The Morgan fingerprint density at radius 3 is 2.50 bits per heavy atom. The Balaban J connectivity index is 2.01. The van der Waals surface area contributed by atoms with E-state index in [1.165, 1.54) is 23.1 Å². The summed E-state index contributed by atoms with van der Waals surface area (Å²) in [4.78, 5) is 0. The minimum Gasteiger partial charge on any atom is -0.388 e. The van der Waals surface area contributed by atoms with Gasteiger partial charge in [-0.25, -0.2) is 0 Å². The zero-order valence-corrected chi connectivity index (χ0v) is 11.9. The van der Waals surface area contributed by atoms with Crippen LogP contribution in [-0.4, -0.2) is 21.1 Å². The highest BCUT2D eigenvalue weighted by Gasteiger charge is 2.11. The maximum atomic E-state index is 10.1. The molecule has 0 aliphatic heterocycles. The number of nitrogens with two attached hydrogens (primary N) is 1. The topological polar surface area (TPSA) is 72.0 Å². The number of aliphatic hydroxyl groups excluding tert-OH is 1. The molecule has 0 saturated carbocycles. The summed E-state index contributed by atoms with van der Waals surface area (Å²) in [5.74, 6) is 0.553. The zero-order chi connectivity index (χ0) is 13.1. The SMILES string of the molecule is Cc1cc(C)cc(C(O)CSc2nnc(N)s2)c1. The van der Waals surface area contributed by atoms with Gasteiger partial charge in [0, 0.05) is 5.75 Å². The molecule has 6 heteroatoms. The van der Waals surface area contributed by atoms with Gasteiger partial charge in [0.05, 0.1) is 6.10 Å². The molecule has 2 aromatic rings. The van der Waals surface area contributed by atoms with Gasteiger partial charge in [0.15, 0.2) is 4.34 Å². The Bertz CT molecular complexity index is 522. The van der Waals surface area contributed by atoms with Crippen molar-refractivity contribution in [3.05, 3.63) is 34.9 Å². The Morgan fingerprint density at radius 1 is 1.28 bits per heavy atom. The Hall–Kier alpha value is -1.11. The average Bonchev–Trinajstić information content (AvgIpc) is 2.70. The molecule has 0 saturated heterocycles. The number of rotatable bonds is 4. The second-order valence-electron chi connectivity index (χ2n) is 4.15. The van der Waals surface area contributed by atoms with Gasteiger partial charge >= 0.3 is 0 Å². The maximum absolute atomic E-state index is 10.1. The number of aliphatic hydroxyl groups is 1. The molecule has 0 spiro atoms. The van der Waals surface area contributed by atoms with E-state index in [9.17, 15) is 5.11 Å². The van der Waals surface area contributed by atoms with Crippen LogP contribution < -0.4 is 5.73 Å². The van der Waals surface area contributed by atoms with Crippen molar-refractivity contribution in [2.45, 2.75) is 24.3 Å². The van der Waals surface area contributed by atoms with Crippen LogP contribution in [0.4, 0.5) is 5.13 Å². The van der Waals surface area contributed by atoms with Gasteiger partial charge < -0.3 is 10.8 Å². The summed E-state index contributed by atoms with van der Waals surface area (Å²) in [6, 6.07) is 6.11. The molecule has 0 aliphatic carbocycles. The third-order valence-corrected chi connectivity index (χ3v) is 4.38. The number of nitrogen functional groups attached to an aromatic ring is 1. The van der Waals surface area contributed by atoms with Gasteiger partial charge in [-0.3, -0.25) is 0 Å². The van der Waals surface area contributed by atoms with Crippen molar-refractivity contribution in [2.24, 2.45) is 0 Å². The Labute approximate surface area is 114 Å². The van der Waals surface area contributed by atoms with Crippen LogP contribution in [0.25, 0.3) is 0 Å². The molecule has 2 rings (SSSR count). The van der Waals surface area contributed by atoms with E-state index in [1.807, 2.05) is 26.0 Å². The van der Waals surface area contributed by atoms with E-state index in [1.54, 1.807) is 0 Å². The lowest BCUT2D eigenvalue weighted by molar-refractivity contribution is 0.204. The molecule has 0 radical (unpaired) electrons. The first-order valence-corrected chi connectivity index (χ1v) is 7.33. The molecule has 0 fully saturated rings. The number of aryl methyl sites for hydroxylation is 2. The number of hydrogen-bond acceptors (Lipinski definition) is 6. The van der Waals surface area contributed by atoms with E-state index >= 15 is 0 Å². The van der Waals surface area contributed by atoms with Gasteiger partial charge in [-0.05, 0) is 19.4 Å². The van der Waals surface area contributed by atoms with E-state index in [2.05, 4.69) is 16.3 Å². The molecule has 0 aliphatic rings. The van der Waals surface area contributed by atoms with Crippen molar-refractivity contribution in [2.75, 3.05) is 11.5 Å². The molecule has 96 valence electrons. The van der Waals surface area contributed by atoms with Gasteiger partial charge in [-0.2, -0.15) is 0 Å². The maximum Gasteiger partial charge on any atom is 0.203 e. The fourth-order valence-corrected chi connectivity index (χ4v) is 3.36. The van der Waals surface area contributed by atoms with Crippen LogP contribution in [0.1, 0.15) is 22.8 Å². The smallest absolute Gasteiger partial charge is 0.203 e. The van der Waals surface area contributed by atoms with Crippen LogP contribution in [0.2, 0.25) is 0 Å². The summed E-state index contributed by atoms with van der Waals surface area (Å²) in [7, 11) is 0. The third-order valence-electron chi connectivity index (χ3n) is 2.42. The molecule has 1 aromatic carbocycles. The summed E-state index contributed by atoms with van der Waals surface area (Å²) in [6.07, 6.45) is -0.501. The molecule has 18 heavy (non-hydrogen) atoms.